The molecule has 10 heavy (non-hydrogen) atoms. The van der Waals surface area contributed by atoms with E-state index in [2.05, 4.69) is 15.9 Å². The van der Waals surface area contributed by atoms with E-state index in [1.807, 2.05) is 0 Å². The zero-order valence-electron chi connectivity index (χ0n) is 4.97. The lowest BCUT2D eigenvalue weighted by Gasteiger charge is -1.90. The van der Waals surface area contributed by atoms with Gasteiger partial charge in [-0.3, -0.25) is 4.79 Å². The molecule has 0 heterocycles. The molecule has 1 nitrogen and oxygen atoms in total. The first kappa shape index (κ1) is 7.41. The van der Waals surface area contributed by atoms with E-state index in [0.29, 0.717) is 0 Å². The van der Waals surface area contributed by atoms with Gasteiger partial charge in [-0.25, -0.2) is 0 Å². The lowest BCUT2D eigenvalue weighted by atomic mass is 10.2. The average molecular weight is 203 g/mol. The highest BCUT2D eigenvalue weighted by atomic mass is 79.9. The van der Waals surface area contributed by atoms with Gasteiger partial charge < -0.3 is 0 Å². The van der Waals surface area contributed by atoms with Crippen molar-refractivity contribution < 1.29 is 9.18 Å². The maximum absolute atomic E-state index is 11.9. The summed E-state index contributed by atoms with van der Waals surface area (Å²) >= 11 is 3.16. The lowest BCUT2D eigenvalue weighted by Crippen LogP contribution is -1.87. The van der Waals surface area contributed by atoms with Crippen LogP contribution in [0.4, 0.5) is 4.39 Å². The Hall–Kier alpha value is -0.700. The fourth-order valence-corrected chi connectivity index (χ4v) is 0.845. The molecule has 0 aliphatic heterocycles. The van der Waals surface area contributed by atoms with Gasteiger partial charge >= 0.3 is 6.04 Å². The predicted molar refractivity (Wildman–Crippen MR) is 39.6 cm³/mol. The second-order valence-electron chi connectivity index (χ2n) is 1.78. The number of hydrogen-bond donors (Lipinski definition) is 0. The fourth-order valence-electron chi connectivity index (χ4n) is 0.581. The Morgan fingerprint density at radius 2 is 1.80 bits per heavy atom. The third-order valence-electron chi connectivity index (χ3n) is 1.07. The van der Waals surface area contributed by atoms with E-state index in [1.54, 1.807) is 12.1 Å². The highest BCUT2D eigenvalue weighted by Gasteiger charge is 2.00. The fraction of sp³-hybridized carbons (Fsp3) is 0. The van der Waals surface area contributed by atoms with Crippen LogP contribution in [0.15, 0.2) is 28.7 Å². The van der Waals surface area contributed by atoms with E-state index in [4.69, 9.17) is 0 Å². The molecule has 1 aromatic carbocycles. The van der Waals surface area contributed by atoms with Gasteiger partial charge in [0.2, 0.25) is 0 Å². The Bertz CT molecular complexity index is 242. The minimum Gasteiger partial charge on any atom is -0.255 e. The summed E-state index contributed by atoms with van der Waals surface area (Å²) in [6, 6.07) is 4.69. The zero-order chi connectivity index (χ0) is 7.56. The van der Waals surface area contributed by atoms with Crippen LogP contribution < -0.4 is 0 Å². The van der Waals surface area contributed by atoms with Crippen LogP contribution in [0.3, 0.4) is 0 Å². The van der Waals surface area contributed by atoms with Crippen molar-refractivity contribution in [3.63, 3.8) is 0 Å². The van der Waals surface area contributed by atoms with E-state index in [9.17, 15) is 9.18 Å². The van der Waals surface area contributed by atoms with Gasteiger partial charge in [0, 0.05) is 4.47 Å². The van der Waals surface area contributed by atoms with Crippen molar-refractivity contribution in [2.24, 2.45) is 0 Å². The van der Waals surface area contributed by atoms with Gasteiger partial charge in [-0.05, 0) is 24.3 Å². The van der Waals surface area contributed by atoms with Crippen LogP contribution in [0.1, 0.15) is 10.4 Å². The highest BCUT2D eigenvalue weighted by Crippen LogP contribution is 2.10. The SMILES string of the molecule is O=C(F)c1ccc(Br)cc1. The number of halogens is 2. The second-order valence-corrected chi connectivity index (χ2v) is 2.70. The molecule has 0 atom stereocenters. The van der Waals surface area contributed by atoms with Gasteiger partial charge in [0.25, 0.3) is 0 Å². The maximum Gasteiger partial charge on any atom is 0.332 e. The van der Waals surface area contributed by atoms with Gasteiger partial charge in [0.15, 0.2) is 0 Å². The van der Waals surface area contributed by atoms with Crippen LogP contribution in [0.5, 0.6) is 0 Å². The van der Waals surface area contributed by atoms with Crippen molar-refractivity contribution in [2.45, 2.75) is 0 Å². The van der Waals surface area contributed by atoms with E-state index in [1.165, 1.54) is 12.1 Å². The minimum absolute atomic E-state index is 0.0863. The van der Waals surface area contributed by atoms with Crippen LogP contribution in [-0.4, -0.2) is 6.04 Å². The molecule has 0 aliphatic rings. The van der Waals surface area contributed by atoms with Crippen molar-refractivity contribution in [1.82, 2.24) is 0 Å². The molecule has 0 aliphatic carbocycles. The lowest BCUT2D eigenvalue weighted by molar-refractivity contribution is 0.0836. The molecular formula is C7H4BrFO. The van der Waals surface area contributed by atoms with Gasteiger partial charge in [0.05, 0.1) is 5.56 Å². The number of benzene rings is 1. The molecule has 0 saturated carbocycles. The summed E-state index contributed by atoms with van der Waals surface area (Å²) in [6.07, 6.45) is 0. The number of carbonyl (C=O) groups excluding carboxylic acids is 1. The third-order valence-corrected chi connectivity index (χ3v) is 1.60. The smallest absolute Gasteiger partial charge is 0.255 e. The van der Waals surface area contributed by atoms with Crippen molar-refractivity contribution in [2.75, 3.05) is 0 Å². The monoisotopic (exact) mass is 202 g/mol. The van der Waals surface area contributed by atoms with E-state index >= 15 is 0 Å². The molecule has 52 valence electrons. The molecule has 1 aromatic rings. The molecule has 0 N–H and O–H groups in total. The molecule has 0 radical (unpaired) electrons. The molecule has 1 rings (SSSR count). The van der Waals surface area contributed by atoms with Crippen LogP contribution in [0.25, 0.3) is 0 Å². The Morgan fingerprint density at radius 1 is 1.30 bits per heavy atom. The maximum atomic E-state index is 11.9. The minimum atomic E-state index is -1.40. The first-order chi connectivity index (χ1) is 4.70. The van der Waals surface area contributed by atoms with Crippen LogP contribution in [-0.2, 0) is 0 Å². The summed E-state index contributed by atoms with van der Waals surface area (Å²) in [4.78, 5) is 10.1. The Labute approximate surface area is 66.0 Å². The Balaban J connectivity index is 3.00. The van der Waals surface area contributed by atoms with Gasteiger partial charge in [-0.15, -0.1) is 0 Å². The van der Waals surface area contributed by atoms with E-state index in [-0.39, 0.29) is 5.56 Å². The molecule has 0 bridgehead atoms. The first-order valence-electron chi connectivity index (χ1n) is 2.65. The van der Waals surface area contributed by atoms with Crippen molar-refractivity contribution in [3.8, 4) is 0 Å². The number of hydrogen-bond acceptors (Lipinski definition) is 1. The Morgan fingerprint density at radius 3 is 2.20 bits per heavy atom. The average Bonchev–Trinajstić information content (AvgIpc) is 1.88. The van der Waals surface area contributed by atoms with E-state index < -0.39 is 6.04 Å². The molecule has 0 saturated heterocycles. The molecular weight excluding hydrogens is 199 g/mol. The van der Waals surface area contributed by atoms with Crippen molar-refractivity contribution in [3.05, 3.63) is 34.3 Å². The summed E-state index contributed by atoms with van der Waals surface area (Å²) < 4.78 is 12.7. The van der Waals surface area contributed by atoms with Crippen molar-refractivity contribution in [1.29, 1.82) is 0 Å². The number of carbonyl (C=O) groups is 1. The molecule has 3 heteroatoms. The van der Waals surface area contributed by atoms with E-state index in [0.717, 1.165) is 4.47 Å². The first-order valence-corrected chi connectivity index (χ1v) is 3.45. The largest absolute Gasteiger partial charge is 0.332 e. The summed E-state index contributed by atoms with van der Waals surface area (Å²) in [5, 5.41) is 0. The summed E-state index contributed by atoms with van der Waals surface area (Å²) in [5.41, 5.74) is 0.0863. The third kappa shape index (κ3) is 1.64. The second kappa shape index (κ2) is 2.92. The van der Waals surface area contributed by atoms with Crippen molar-refractivity contribution >= 4 is 22.0 Å². The summed E-state index contributed by atoms with van der Waals surface area (Å²) in [7, 11) is 0. The van der Waals surface area contributed by atoms with Gasteiger partial charge in [-0.2, -0.15) is 4.39 Å². The molecule has 0 unspecified atom stereocenters. The van der Waals surface area contributed by atoms with Gasteiger partial charge in [-0.1, -0.05) is 15.9 Å². The normalized spacial score (nSPS) is 9.40. The highest BCUT2D eigenvalue weighted by molar-refractivity contribution is 9.10. The quantitative estimate of drug-likeness (QED) is 0.641. The number of rotatable bonds is 1. The topological polar surface area (TPSA) is 17.1 Å². The van der Waals surface area contributed by atoms with Crippen LogP contribution in [0, 0.1) is 0 Å². The standard InChI is InChI=1S/C7H4BrFO/c8-6-3-1-5(2-4-6)7(9)10/h1-4H. The zero-order valence-corrected chi connectivity index (χ0v) is 6.56. The predicted octanol–water partition coefficient (Wildman–Crippen LogP) is 2.56. The van der Waals surface area contributed by atoms with Gasteiger partial charge in [0.1, 0.15) is 0 Å². The van der Waals surface area contributed by atoms with Crippen LogP contribution >= 0.6 is 15.9 Å². The molecule has 0 amide bonds. The molecule has 0 spiro atoms. The molecule has 0 aromatic heterocycles. The van der Waals surface area contributed by atoms with Crippen LogP contribution in [0.2, 0.25) is 0 Å². The molecule has 0 fully saturated rings. The summed E-state index contributed by atoms with van der Waals surface area (Å²) in [5.74, 6) is 0. The Kier molecular flexibility index (Phi) is 2.17. The summed E-state index contributed by atoms with van der Waals surface area (Å²) in [6.45, 7) is 0.